The SMILES string of the molecule is CCC(=C(c1ccc(O)cc1)c1ccc(OCCN(C)Cc2ccc3c(c2F)C(=O)N(C2CCC(=O)NC2=O)C3=O)cc1)c1ccc(O)cc1. The molecular formula is C39H36FN3O7. The Morgan fingerprint density at radius 1 is 0.860 bits per heavy atom. The van der Waals surface area contributed by atoms with Crippen LogP contribution in [0.1, 0.15) is 69.2 Å². The van der Waals surface area contributed by atoms with Gasteiger partial charge in [-0.1, -0.05) is 49.4 Å². The quantitative estimate of drug-likeness (QED) is 0.140. The van der Waals surface area contributed by atoms with E-state index in [0.717, 1.165) is 39.2 Å². The number of phenolic OH excluding ortho intramolecular Hbond substituents is 2. The molecule has 10 nitrogen and oxygen atoms in total. The second kappa shape index (κ2) is 14.4. The number of amides is 4. The van der Waals surface area contributed by atoms with Crippen LogP contribution in [-0.4, -0.2) is 69.9 Å². The van der Waals surface area contributed by atoms with Crippen molar-refractivity contribution in [2.75, 3.05) is 20.2 Å². The molecule has 2 aliphatic rings. The summed E-state index contributed by atoms with van der Waals surface area (Å²) in [5.74, 6) is -2.69. The van der Waals surface area contributed by atoms with E-state index >= 15 is 4.39 Å². The highest BCUT2D eigenvalue weighted by atomic mass is 19.1. The van der Waals surface area contributed by atoms with Crippen LogP contribution in [0.15, 0.2) is 84.9 Å². The van der Waals surface area contributed by atoms with Crippen molar-refractivity contribution >= 4 is 34.8 Å². The maximum atomic E-state index is 15.7. The number of imide groups is 2. The Morgan fingerprint density at radius 3 is 2.06 bits per heavy atom. The molecule has 3 N–H and O–H groups in total. The average Bonchev–Trinajstić information content (AvgIpc) is 3.35. The Bertz CT molecular complexity index is 1990. The van der Waals surface area contributed by atoms with Gasteiger partial charge in [-0.15, -0.1) is 0 Å². The molecule has 4 aromatic carbocycles. The molecule has 1 atom stereocenters. The molecule has 1 saturated heterocycles. The zero-order chi connectivity index (χ0) is 35.5. The van der Waals surface area contributed by atoms with Crippen LogP contribution in [0.4, 0.5) is 4.39 Å². The Morgan fingerprint density at radius 2 is 1.46 bits per heavy atom. The minimum Gasteiger partial charge on any atom is -0.508 e. The number of fused-ring (bicyclic) bond motifs is 1. The molecule has 50 heavy (non-hydrogen) atoms. The molecule has 4 amide bonds. The van der Waals surface area contributed by atoms with Gasteiger partial charge in [0.25, 0.3) is 11.8 Å². The van der Waals surface area contributed by atoms with Gasteiger partial charge in [0.05, 0.1) is 11.1 Å². The summed E-state index contributed by atoms with van der Waals surface area (Å²) in [6.45, 7) is 2.92. The maximum Gasteiger partial charge on any atom is 0.265 e. The van der Waals surface area contributed by atoms with Crippen molar-refractivity contribution in [1.29, 1.82) is 0 Å². The van der Waals surface area contributed by atoms with Crippen molar-refractivity contribution in [1.82, 2.24) is 15.1 Å². The number of benzene rings is 4. The Kier molecular flexibility index (Phi) is 9.78. The summed E-state index contributed by atoms with van der Waals surface area (Å²) < 4.78 is 21.7. The van der Waals surface area contributed by atoms with Crippen molar-refractivity contribution in [3.8, 4) is 17.2 Å². The van der Waals surface area contributed by atoms with Gasteiger partial charge in [0.15, 0.2) is 0 Å². The smallest absolute Gasteiger partial charge is 0.265 e. The molecule has 0 saturated carbocycles. The van der Waals surface area contributed by atoms with E-state index in [9.17, 15) is 29.4 Å². The molecule has 0 radical (unpaired) electrons. The van der Waals surface area contributed by atoms with Gasteiger partial charge in [-0.2, -0.15) is 0 Å². The van der Waals surface area contributed by atoms with Gasteiger partial charge in [0.1, 0.15) is 35.7 Å². The molecule has 6 rings (SSSR count). The fourth-order valence-corrected chi connectivity index (χ4v) is 6.42. The van der Waals surface area contributed by atoms with Crippen LogP contribution in [0.3, 0.4) is 0 Å². The van der Waals surface area contributed by atoms with E-state index in [1.807, 2.05) is 53.4 Å². The molecule has 0 aromatic heterocycles. The van der Waals surface area contributed by atoms with E-state index in [0.29, 0.717) is 12.3 Å². The number of aromatic hydroxyl groups is 2. The molecule has 256 valence electrons. The first kappa shape index (κ1) is 34.1. The van der Waals surface area contributed by atoms with Crippen LogP contribution in [0.25, 0.3) is 11.1 Å². The topological polar surface area (TPSA) is 136 Å². The third-order valence-corrected chi connectivity index (χ3v) is 8.98. The first-order chi connectivity index (χ1) is 24.0. The number of carbonyl (C=O) groups excluding carboxylic acids is 4. The summed E-state index contributed by atoms with van der Waals surface area (Å²) in [6, 6.07) is 23.5. The lowest BCUT2D eigenvalue weighted by Gasteiger charge is -2.27. The number of nitrogens with zero attached hydrogens (tertiary/aromatic N) is 2. The van der Waals surface area contributed by atoms with Crippen LogP contribution in [-0.2, 0) is 16.1 Å². The van der Waals surface area contributed by atoms with Crippen molar-refractivity contribution in [2.45, 2.75) is 38.8 Å². The highest BCUT2D eigenvalue weighted by Gasteiger charge is 2.46. The highest BCUT2D eigenvalue weighted by Crippen LogP contribution is 2.36. The third-order valence-electron chi connectivity index (χ3n) is 8.98. The number of phenols is 2. The number of allylic oxidation sites excluding steroid dienone is 1. The van der Waals surface area contributed by atoms with E-state index in [2.05, 4.69) is 12.2 Å². The van der Waals surface area contributed by atoms with Gasteiger partial charge in [-0.05, 0) is 90.2 Å². The minimum absolute atomic E-state index is 0.00800. The second-order valence-electron chi connectivity index (χ2n) is 12.3. The predicted molar refractivity (Wildman–Crippen MR) is 184 cm³/mol. The summed E-state index contributed by atoms with van der Waals surface area (Å²) in [4.78, 5) is 52.6. The number of ether oxygens (including phenoxy) is 1. The van der Waals surface area contributed by atoms with Crippen molar-refractivity contribution < 1.29 is 38.5 Å². The summed E-state index contributed by atoms with van der Waals surface area (Å²) in [7, 11) is 1.78. The van der Waals surface area contributed by atoms with Crippen LogP contribution in [0, 0.1) is 5.82 Å². The van der Waals surface area contributed by atoms with Crippen LogP contribution < -0.4 is 10.1 Å². The number of hydrogen-bond acceptors (Lipinski definition) is 8. The molecule has 4 aromatic rings. The third kappa shape index (κ3) is 6.85. The predicted octanol–water partition coefficient (Wildman–Crippen LogP) is 5.52. The zero-order valence-electron chi connectivity index (χ0n) is 27.6. The van der Waals surface area contributed by atoms with Gasteiger partial charge < -0.3 is 14.9 Å². The largest absolute Gasteiger partial charge is 0.508 e. The standard InChI is InChI=1S/C39H36FN3O7/c1-3-30(23-4-11-27(44)12-5-23)34(24-6-13-28(45)14-7-24)25-8-15-29(16-9-25)50-21-20-42(2)22-26-10-17-31-35(36(26)40)39(49)43(38(31)48)32-18-19-33(46)41-37(32)47/h4-17,32,44-45H,3,18-22H2,1-2H3,(H,41,46,47). The molecule has 0 spiro atoms. The van der Waals surface area contributed by atoms with E-state index in [4.69, 9.17) is 4.74 Å². The molecule has 0 aliphatic carbocycles. The number of carbonyl (C=O) groups is 4. The Labute approximate surface area is 288 Å². The number of halogens is 1. The Hall–Kier alpha value is -5.81. The second-order valence-corrected chi connectivity index (χ2v) is 12.3. The van der Waals surface area contributed by atoms with Crippen LogP contribution >= 0.6 is 0 Å². The molecule has 11 heteroatoms. The van der Waals surface area contributed by atoms with E-state index in [1.165, 1.54) is 12.1 Å². The van der Waals surface area contributed by atoms with Crippen molar-refractivity contribution in [2.24, 2.45) is 0 Å². The van der Waals surface area contributed by atoms with Gasteiger partial charge in [-0.25, -0.2) is 4.39 Å². The lowest BCUT2D eigenvalue weighted by Crippen LogP contribution is -2.54. The van der Waals surface area contributed by atoms with Gasteiger partial charge >= 0.3 is 0 Å². The van der Waals surface area contributed by atoms with Crippen molar-refractivity contribution in [3.05, 3.63) is 124 Å². The van der Waals surface area contributed by atoms with E-state index < -0.39 is 35.5 Å². The fourth-order valence-electron chi connectivity index (χ4n) is 6.42. The normalized spacial score (nSPS) is 16.4. The number of likely N-dealkylation sites (N-methyl/N-ethyl adjacent to an activating group) is 1. The number of rotatable bonds is 11. The molecule has 1 fully saturated rings. The van der Waals surface area contributed by atoms with E-state index in [-0.39, 0.29) is 54.2 Å². The number of piperidine rings is 1. The molecule has 0 bridgehead atoms. The lowest BCUT2D eigenvalue weighted by molar-refractivity contribution is -0.136. The van der Waals surface area contributed by atoms with Gasteiger partial charge in [0, 0.05) is 25.1 Å². The fraction of sp³-hybridized carbons (Fsp3) is 0.231. The molecule has 2 heterocycles. The first-order valence-corrected chi connectivity index (χ1v) is 16.3. The summed E-state index contributed by atoms with van der Waals surface area (Å²) >= 11 is 0. The maximum absolute atomic E-state index is 15.7. The molecular weight excluding hydrogens is 641 g/mol. The zero-order valence-corrected chi connectivity index (χ0v) is 27.6. The molecule has 2 aliphatic heterocycles. The summed E-state index contributed by atoms with van der Waals surface area (Å²) in [5, 5.41) is 21.9. The first-order valence-electron chi connectivity index (χ1n) is 16.3. The van der Waals surface area contributed by atoms with E-state index in [1.54, 1.807) is 31.3 Å². The summed E-state index contributed by atoms with van der Waals surface area (Å²) in [6.07, 6.45) is 0.693. The monoisotopic (exact) mass is 677 g/mol. The van der Waals surface area contributed by atoms with Crippen LogP contribution in [0.2, 0.25) is 0 Å². The summed E-state index contributed by atoms with van der Waals surface area (Å²) in [5.41, 5.74) is 4.65. The lowest BCUT2D eigenvalue weighted by atomic mass is 9.88. The van der Waals surface area contributed by atoms with Crippen molar-refractivity contribution in [3.63, 3.8) is 0 Å². The number of hydrogen-bond donors (Lipinski definition) is 3. The van der Waals surface area contributed by atoms with Gasteiger partial charge in [0.2, 0.25) is 11.8 Å². The molecule has 1 unspecified atom stereocenters. The minimum atomic E-state index is -1.17. The Balaban J connectivity index is 1.12. The number of nitrogens with one attached hydrogen (secondary N) is 1. The average molecular weight is 678 g/mol. The highest BCUT2D eigenvalue weighted by molar-refractivity contribution is 6.23. The van der Waals surface area contributed by atoms with Gasteiger partial charge in [-0.3, -0.25) is 34.3 Å². The van der Waals surface area contributed by atoms with Crippen LogP contribution in [0.5, 0.6) is 17.2 Å².